The quantitative estimate of drug-likeness (QED) is 0.0558. The van der Waals surface area contributed by atoms with Crippen molar-refractivity contribution in [2.24, 2.45) is 0 Å². The lowest BCUT2D eigenvalue weighted by Gasteiger charge is -2.43. The molecule has 2 aromatic rings. The number of halogens is 1. The fraction of sp³-hybridized carbons (Fsp3) is 0.688. The van der Waals surface area contributed by atoms with E-state index in [-0.39, 0.29) is 23.5 Å². The Morgan fingerprint density at radius 3 is 2.05 bits per heavy atom. The Kier molecular flexibility index (Phi) is 14.2. The summed E-state index contributed by atoms with van der Waals surface area (Å²) in [5.74, 6) is -3.29. The van der Waals surface area contributed by atoms with Gasteiger partial charge in [0.05, 0.1) is 6.61 Å². The second-order valence-corrected chi connectivity index (χ2v) is 11.9. The van der Waals surface area contributed by atoms with E-state index in [2.05, 4.69) is 6.92 Å². The first-order valence-electron chi connectivity index (χ1n) is 16.0. The van der Waals surface area contributed by atoms with Crippen LogP contribution in [-0.2, 0) is 17.1 Å². The summed E-state index contributed by atoms with van der Waals surface area (Å²) in [6.07, 6.45) is 8.53. The summed E-state index contributed by atoms with van der Waals surface area (Å²) < 4.78 is 21.0. The van der Waals surface area contributed by atoms with E-state index < -0.39 is 48.0 Å². The molecule has 0 radical (unpaired) electrons. The number of hydrogen-bond donors (Lipinski definition) is 6. The van der Waals surface area contributed by atoms with Gasteiger partial charge in [-0.2, -0.15) is 0 Å². The third-order valence-electron chi connectivity index (χ3n) is 8.48. The van der Waals surface area contributed by atoms with Crippen molar-refractivity contribution in [3.63, 3.8) is 0 Å². The number of aromatic amines is 1. The molecule has 1 aromatic carbocycles. The molecule has 1 aromatic heterocycles. The highest BCUT2D eigenvalue weighted by molar-refractivity contribution is 5.23. The van der Waals surface area contributed by atoms with Crippen molar-refractivity contribution < 1.29 is 34.8 Å². The van der Waals surface area contributed by atoms with E-state index in [0.717, 1.165) is 31.9 Å². The lowest BCUT2D eigenvalue weighted by molar-refractivity contribution is -0.428. The van der Waals surface area contributed by atoms with Crippen LogP contribution in [0.4, 0.5) is 4.39 Å². The number of nitrogens with zero attached hydrogens (tertiary/aromatic N) is 2. The van der Waals surface area contributed by atoms with Crippen molar-refractivity contribution in [1.29, 1.82) is 0 Å². The zero-order chi connectivity index (χ0) is 32.2. The predicted octanol–water partition coefficient (Wildman–Crippen LogP) is 3.64. The molecular weight excluding hydrogens is 573 g/mol. The molecule has 2 heterocycles. The molecular formula is C32H50FN3O8. The number of benzene rings is 1. The van der Waals surface area contributed by atoms with Crippen molar-refractivity contribution in [2.75, 3.05) is 6.61 Å². The summed E-state index contributed by atoms with van der Waals surface area (Å²) in [7, 11) is 0. The Morgan fingerprint density at radius 1 is 0.955 bits per heavy atom. The fourth-order valence-corrected chi connectivity index (χ4v) is 5.81. The average Bonchev–Trinajstić information content (AvgIpc) is 3.22. The number of unbranched alkanes of at least 4 members (excludes halogenated alkanes) is 12. The molecule has 3 rings (SSSR count). The summed E-state index contributed by atoms with van der Waals surface area (Å²) in [4.78, 5) is 27.4. The molecule has 6 N–H and O–H groups in total. The molecule has 1 aliphatic heterocycles. The van der Waals surface area contributed by atoms with Gasteiger partial charge in [-0.1, -0.05) is 114 Å². The number of hydroxylamine groups is 2. The minimum Gasteiger partial charge on any atom is -0.394 e. The van der Waals surface area contributed by atoms with Gasteiger partial charge in [0.1, 0.15) is 12.2 Å². The first-order chi connectivity index (χ1) is 21.1. The van der Waals surface area contributed by atoms with Crippen molar-refractivity contribution in [3.8, 4) is 0 Å². The number of aliphatic hydroxyl groups is 4. The van der Waals surface area contributed by atoms with Gasteiger partial charge < -0.3 is 30.4 Å². The SMILES string of the molecule is CCCCCCCCCCCCCCCC(F)N(O)[C@@]1(O)[C@H](O)[C@@H](CO)O[C@@]1(O)n1cc(Cc2ccccc2)c(=O)[nH]c1=O. The van der Waals surface area contributed by atoms with Gasteiger partial charge in [0.2, 0.25) is 5.72 Å². The molecule has 0 spiro atoms. The molecule has 1 fully saturated rings. The van der Waals surface area contributed by atoms with E-state index in [0.29, 0.717) is 23.0 Å². The van der Waals surface area contributed by atoms with Crippen LogP contribution in [-0.4, -0.2) is 71.1 Å². The molecule has 0 bridgehead atoms. The molecule has 1 unspecified atom stereocenters. The van der Waals surface area contributed by atoms with Gasteiger partial charge in [0, 0.05) is 18.2 Å². The largest absolute Gasteiger partial charge is 0.394 e. The number of H-pyrrole nitrogens is 1. The molecule has 44 heavy (non-hydrogen) atoms. The minimum atomic E-state index is -3.33. The average molecular weight is 624 g/mol. The number of alkyl halides is 1. The van der Waals surface area contributed by atoms with Crippen LogP contribution in [0.25, 0.3) is 0 Å². The third-order valence-corrected chi connectivity index (χ3v) is 8.48. The van der Waals surface area contributed by atoms with Crippen LogP contribution < -0.4 is 11.2 Å². The smallest absolute Gasteiger partial charge is 0.332 e. The molecule has 0 saturated carbocycles. The number of rotatable bonds is 20. The number of aliphatic hydroxyl groups excluding tert-OH is 2. The second-order valence-electron chi connectivity index (χ2n) is 11.9. The second kappa shape index (κ2) is 17.3. The molecule has 0 aliphatic carbocycles. The Balaban J connectivity index is 1.62. The van der Waals surface area contributed by atoms with Crippen molar-refractivity contribution in [3.05, 3.63) is 68.5 Å². The van der Waals surface area contributed by atoms with Gasteiger partial charge in [-0.15, -0.1) is 5.06 Å². The van der Waals surface area contributed by atoms with E-state index in [1.165, 1.54) is 44.9 Å². The van der Waals surface area contributed by atoms with Crippen LogP contribution >= 0.6 is 0 Å². The van der Waals surface area contributed by atoms with Gasteiger partial charge in [-0.3, -0.25) is 9.78 Å². The fourth-order valence-electron chi connectivity index (χ4n) is 5.81. The first kappa shape index (κ1) is 36.0. The topological polar surface area (TPSA) is 168 Å². The highest BCUT2D eigenvalue weighted by Gasteiger charge is 2.71. The normalized spacial score (nSPS) is 24.3. The van der Waals surface area contributed by atoms with E-state index in [9.17, 15) is 35.2 Å². The third kappa shape index (κ3) is 8.63. The zero-order valence-electron chi connectivity index (χ0n) is 25.7. The maximum atomic E-state index is 15.3. The lowest BCUT2D eigenvalue weighted by Crippen LogP contribution is -2.69. The highest BCUT2D eigenvalue weighted by atomic mass is 19.1. The monoisotopic (exact) mass is 623 g/mol. The Morgan fingerprint density at radius 2 is 1.50 bits per heavy atom. The summed E-state index contributed by atoms with van der Waals surface area (Å²) in [5.41, 5.74) is -4.69. The number of aromatic nitrogens is 2. The predicted molar refractivity (Wildman–Crippen MR) is 163 cm³/mol. The molecule has 11 nitrogen and oxygen atoms in total. The van der Waals surface area contributed by atoms with Crippen LogP contribution in [0.2, 0.25) is 0 Å². The van der Waals surface area contributed by atoms with Gasteiger partial charge in [0.25, 0.3) is 5.56 Å². The van der Waals surface area contributed by atoms with Crippen LogP contribution in [0.15, 0.2) is 46.1 Å². The number of nitrogens with one attached hydrogen (secondary N) is 1. The van der Waals surface area contributed by atoms with Crippen LogP contribution in [0.5, 0.6) is 0 Å². The van der Waals surface area contributed by atoms with Crippen molar-refractivity contribution >= 4 is 0 Å². The van der Waals surface area contributed by atoms with E-state index >= 15 is 4.39 Å². The van der Waals surface area contributed by atoms with Crippen molar-refractivity contribution in [1.82, 2.24) is 14.6 Å². The van der Waals surface area contributed by atoms with E-state index in [4.69, 9.17) is 4.74 Å². The molecule has 0 amide bonds. The highest BCUT2D eigenvalue weighted by Crippen LogP contribution is 2.44. The minimum absolute atomic E-state index is 0.0184. The molecule has 248 valence electrons. The van der Waals surface area contributed by atoms with Crippen LogP contribution in [0.3, 0.4) is 0 Å². The van der Waals surface area contributed by atoms with Gasteiger partial charge in [-0.25, -0.2) is 13.8 Å². The molecule has 1 saturated heterocycles. The Labute approximate surface area is 257 Å². The molecule has 5 atom stereocenters. The van der Waals surface area contributed by atoms with E-state index in [1.807, 2.05) is 4.98 Å². The van der Waals surface area contributed by atoms with Crippen LogP contribution in [0.1, 0.15) is 108 Å². The summed E-state index contributed by atoms with van der Waals surface area (Å²) in [5, 5.41) is 54.2. The van der Waals surface area contributed by atoms with Crippen molar-refractivity contribution in [2.45, 2.75) is 133 Å². The number of hydrogen-bond acceptors (Lipinski definition) is 9. The van der Waals surface area contributed by atoms with Gasteiger partial charge in [0.15, 0.2) is 6.30 Å². The van der Waals surface area contributed by atoms with E-state index in [1.54, 1.807) is 30.3 Å². The summed E-state index contributed by atoms with van der Waals surface area (Å²) in [6, 6.07) is 8.74. The Bertz CT molecular complexity index is 1240. The maximum absolute atomic E-state index is 15.3. The molecule has 1 aliphatic rings. The lowest BCUT2D eigenvalue weighted by atomic mass is 9.99. The Hall–Kier alpha value is -2.45. The van der Waals surface area contributed by atoms with Crippen LogP contribution in [0, 0.1) is 0 Å². The summed E-state index contributed by atoms with van der Waals surface area (Å²) in [6.45, 7) is 1.27. The maximum Gasteiger partial charge on any atom is 0.332 e. The summed E-state index contributed by atoms with van der Waals surface area (Å²) >= 11 is 0. The number of ether oxygens (including phenoxy) is 1. The van der Waals surface area contributed by atoms with Gasteiger partial charge >= 0.3 is 11.6 Å². The standard InChI is InChI=1S/C32H50FN3O8/c1-2-3-4-5-6-7-8-9-10-11-12-13-17-20-27(33)36(43)31(41)28(38)26(23-37)44-32(31,42)35-22-25(29(39)34-30(35)40)21-24-18-15-14-16-19-24/h14-16,18-19,22,26-28,37-38,41-43H,2-13,17,20-21,23H2,1H3,(H,34,39,40)/t26-,27?,28-,31-,32-/m1/s1. The first-order valence-corrected chi connectivity index (χ1v) is 16.0. The van der Waals surface area contributed by atoms with Gasteiger partial charge in [-0.05, 0) is 18.4 Å². The zero-order valence-corrected chi connectivity index (χ0v) is 25.7. The molecule has 12 heteroatoms.